The molecule has 2 aromatic carbocycles. The molecule has 1 heterocycles. The first kappa shape index (κ1) is 20.2. The Labute approximate surface area is 168 Å². The summed E-state index contributed by atoms with van der Waals surface area (Å²) in [4.78, 5) is 14.2. The van der Waals surface area contributed by atoms with Crippen molar-refractivity contribution in [1.29, 1.82) is 0 Å². The van der Waals surface area contributed by atoms with Crippen LogP contribution in [0.15, 0.2) is 47.4 Å². The Balaban J connectivity index is 1.93. The second kappa shape index (κ2) is 7.84. The minimum Gasteiger partial charge on any atom is -0.493 e. The number of thioether (sulfide) groups is 1. The molecule has 1 saturated heterocycles. The molecule has 0 unspecified atom stereocenters. The summed E-state index contributed by atoms with van der Waals surface area (Å²) in [5, 5.41) is 0. The van der Waals surface area contributed by atoms with Gasteiger partial charge >= 0.3 is 6.18 Å². The molecule has 146 valence electrons. The first-order valence-electron chi connectivity index (χ1n) is 7.92. The fourth-order valence-electron chi connectivity index (χ4n) is 2.61. The number of amides is 1. The fourth-order valence-corrected chi connectivity index (χ4v) is 3.90. The molecule has 4 nitrogen and oxygen atoms in total. The van der Waals surface area contributed by atoms with Crippen molar-refractivity contribution in [1.82, 2.24) is 0 Å². The largest absolute Gasteiger partial charge is 0.493 e. The lowest BCUT2D eigenvalue weighted by Gasteiger charge is -2.16. The molecule has 0 aliphatic carbocycles. The van der Waals surface area contributed by atoms with Gasteiger partial charge in [0.1, 0.15) is 0 Å². The normalized spacial score (nSPS) is 16.0. The van der Waals surface area contributed by atoms with Crippen LogP contribution in [0, 0.1) is 0 Å². The number of carbonyl (C=O) groups excluding carboxylic acids is 1. The Morgan fingerprint density at radius 2 is 1.79 bits per heavy atom. The maximum absolute atomic E-state index is 13.0. The predicted octanol–water partition coefficient (Wildman–Crippen LogP) is 5.13. The standard InChI is InChI=1S/C19H14F3NO3S2/c1-25-14-7-6-11(8-15(14)26-2)9-16-17(24)23(18(27)28-16)13-5-3-4-12(10-13)19(20,21)22/h3-10H,1-2H3. The average molecular weight is 425 g/mol. The third-order valence-corrected chi connectivity index (χ3v) is 5.23. The lowest BCUT2D eigenvalue weighted by atomic mass is 10.1. The van der Waals surface area contributed by atoms with Crippen molar-refractivity contribution in [2.45, 2.75) is 6.18 Å². The van der Waals surface area contributed by atoms with Crippen LogP contribution in [0.3, 0.4) is 0 Å². The number of nitrogens with zero attached hydrogens (tertiary/aromatic N) is 1. The molecule has 9 heteroatoms. The fraction of sp³-hybridized carbons (Fsp3) is 0.158. The van der Waals surface area contributed by atoms with Crippen molar-refractivity contribution in [3.05, 3.63) is 58.5 Å². The maximum atomic E-state index is 13.0. The van der Waals surface area contributed by atoms with E-state index in [2.05, 4.69) is 0 Å². The third-order valence-electron chi connectivity index (χ3n) is 3.93. The van der Waals surface area contributed by atoms with E-state index in [0.717, 1.165) is 28.8 Å². The Hall–Kier alpha value is -2.52. The number of thiocarbonyl (C=S) groups is 1. The first-order chi connectivity index (χ1) is 13.2. The van der Waals surface area contributed by atoms with E-state index in [-0.39, 0.29) is 10.0 Å². The van der Waals surface area contributed by atoms with Gasteiger partial charge in [-0.15, -0.1) is 0 Å². The van der Waals surface area contributed by atoms with Gasteiger partial charge in [0.25, 0.3) is 5.91 Å². The van der Waals surface area contributed by atoms with Crippen LogP contribution >= 0.6 is 24.0 Å². The summed E-state index contributed by atoms with van der Waals surface area (Å²) in [5.41, 5.74) is -0.0989. The lowest BCUT2D eigenvalue weighted by molar-refractivity contribution is -0.137. The Bertz CT molecular complexity index is 973. The molecule has 0 N–H and O–H groups in total. The van der Waals surface area contributed by atoms with Crippen molar-refractivity contribution in [3.63, 3.8) is 0 Å². The molecule has 0 spiro atoms. The van der Waals surface area contributed by atoms with Gasteiger partial charge in [-0.05, 0) is 42.0 Å². The van der Waals surface area contributed by atoms with Crippen LogP contribution in [0.4, 0.5) is 18.9 Å². The van der Waals surface area contributed by atoms with Crippen molar-refractivity contribution in [2.75, 3.05) is 19.1 Å². The molecule has 0 atom stereocenters. The zero-order valence-electron chi connectivity index (χ0n) is 14.7. The van der Waals surface area contributed by atoms with Gasteiger partial charge in [0.15, 0.2) is 15.8 Å². The molecular weight excluding hydrogens is 411 g/mol. The van der Waals surface area contributed by atoms with Gasteiger partial charge in [-0.1, -0.05) is 36.1 Å². The van der Waals surface area contributed by atoms with Crippen molar-refractivity contribution in [2.24, 2.45) is 0 Å². The monoisotopic (exact) mass is 425 g/mol. The van der Waals surface area contributed by atoms with E-state index in [4.69, 9.17) is 21.7 Å². The molecule has 1 amide bonds. The highest BCUT2D eigenvalue weighted by Crippen LogP contribution is 2.39. The highest BCUT2D eigenvalue weighted by Gasteiger charge is 2.36. The third kappa shape index (κ3) is 4.00. The number of halogens is 3. The maximum Gasteiger partial charge on any atom is 0.416 e. The second-order valence-corrected chi connectivity index (χ2v) is 7.36. The summed E-state index contributed by atoms with van der Waals surface area (Å²) < 4.78 is 49.5. The SMILES string of the molecule is COc1ccc(C=C2SC(=S)N(c3cccc(C(F)(F)F)c3)C2=O)cc1OC. The lowest BCUT2D eigenvalue weighted by Crippen LogP contribution is -2.27. The summed E-state index contributed by atoms with van der Waals surface area (Å²) >= 11 is 6.24. The molecule has 0 radical (unpaired) electrons. The van der Waals surface area contributed by atoms with Gasteiger partial charge in [0, 0.05) is 0 Å². The minimum absolute atomic E-state index is 0.0769. The van der Waals surface area contributed by atoms with Crippen molar-refractivity contribution in [3.8, 4) is 11.5 Å². The van der Waals surface area contributed by atoms with Gasteiger partial charge in [-0.3, -0.25) is 9.69 Å². The number of rotatable bonds is 4. The number of benzene rings is 2. The predicted molar refractivity (Wildman–Crippen MR) is 107 cm³/mol. The average Bonchev–Trinajstić information content (AvgIpc) is 2.94. The van der Waals surface area contributed by atoms with E-state index in [1.165, 1.54) is 26.4 Å². The Morgan fingerprint density at radius 1 is 1.07 bits per heavy atom. The molecule has 28 heavy (non-hydrogen) atoms. The Morgan fingerprint density at radius 3 is 2.43 bits per heavy atom. The van der Waals surface area contributed by atoms with Crippen molar-refractivity contribution >= 4 is 46.0 Å². The number of alkyl halides is 3. The molecule has 2 aromatic rings. The zero-order chi connectivity index (χ0) is 20.5. The van der Waals surface area contributed by atoms with Crippen LogP contribution < -0.4 is 14.4 Å². The van der Waals surface area contributed by atoms with Crippen LogP contribution in [0.2, 0.25) is 0 Å². The molecule has 1 aliphatic heterocycles. The highest BCUT2D eigenvalue weighted by molar-refractivity contribution is 8.27. The number of hydrogen-bond acceptors (Lipinski definition) is 5. The van der Waals surface area contributed by atoms with Gasteiger partial charge in [-0.25, -0.2) is 0 Å². The summed E-state index contributed by atoms with van der Waals surface area (Å²) in [5.74, 6) is 0.546. The summed E-state index contributed by atoms with van der Waals surface area (Å²) in [6.45, 7) is 0. The van der Waals surface area contributed by atoms with E-state index >= 15 is 0 Å². The van der Waals surface area contributed by atoms with Crippen LogP contribution in [-0.4, -0.2) is 24.4 Å². The minimum atomic E-state index is -4.51. The first-order valence-corrected chi connectivity index (χ1v) is 9.14. The highest BCUT2D eigenvalue weighted by atomic mass is 32.2. The number of methoxy groups -OCH3 is 2. The zero-order valence-corrected chi connectivity index (χ0v) is 16.4. The van der Waals surface area contributed by atoms with Gasteiger partial charge in [-0.2, -0.15) is 13.2 Å². The number of carbonyl (C=O) groups is 1. The molecule has 0 bridgehead atoms. The van der Waals surface area contributed by atoms with E-state index < -0.39 is 17.6 Å². The Kier molecular flexibility index (Phi) is 5.66. The van der Waals surface area contributed by atoms with E-state index in [1.807, 2.05) is 0 Å². The van der Waals surface area contributed by atoms with Crippen LogP contribution in [0.25, 0.3) is 6.08 Å². The topological polar surface area (TPSA) is 38.8 Å². The summed E-state index contributed by atoms with van der Waals surface area (Å²) in [6, 6.07) is 9.63. The van der Waals surface area contributed by atoms with E-state index in [9.17, 15) is 18.0 Å². The smallest absolute Gasteiger partial charge is 0.416 e. The quantitative estimate of drug-likeness (QED) is 0.502. The second-order valence-electron chi connectivity index (χ2n) is 5.68. The van der Waals surface area contributed by atoms with Gasteiger partial charge in [0.2, 0.25) is 0 Å². The van der Waals surface area contributed by atoms with Gasteiger partial charge in [0.05, 0.1) is 30.4 Å². The number of ether oxygens (including phenoxy) is 2. The van der Waals surface area contributed by atoms with Crippen LogP contribution in [0.5, 0.6) is 11.5 Å². The van der Waals surface area contributed by atoms with Crippen LogP contribution in [-0.2, 0) is 11.0 Å². The van der Waals surface area contributed by atoms with Crippen LogP contribution in [0.1, 0.15) is 11.1 Å². The number of anilines is 1. The molecule has 0 saturated carbocycles. The molecule has 3 rings (SSSR count). The van der Waals surface area contributed by atoms with E-state index in [0.29, 0.717) is 22.0 Å². The van der Waals surface area contributed by atoms with E-state index in [1.54, 1.807) is 24.3 Å². The molecule has 0 aromatic heterocycles. The summed E-state index contributed by atoms with van der Waals surface area (Å²) in [7, 11) is 3.01. The van der Waals surface area contributed by atoms with Gasteiger partial charge < -0.3 is 9.47 Å². The van der Waals surface area contributed by atoms with Crippen molar-refractivity contribution < 1.29 is 27.4 Å². The number of hydrogen-bond donors (Lipinski definition) is 0. The molecular formula is C19H14F3NO3S2. The molecule has 1 aliphatic rings. The molecule has 1 fully saturated rings. The summed E-state index contributed by atoms with van der Waals surface area (Å²) in [6.07, 6.45) is -2.90.